The van der Waals surface area contributed by atoms with Crippen molar-refractivity contribution in [2.75, 3.05) is 57.3 Å². The van der Waals surface area contributed by atoms with Crippen molar-refractivity contribution >= 4 is 82.5 Å². The number of aromatic amines is 2. The van der Waals surface area contributed by atoms with Gasteiger partial charge in [-0.25, -0.2) is 38.2 Å². The van der Waals surface area contributed by atoms with Gasteiger partial charge in [-0.05, 0) is 12.8 Å². The minimum absolute atomic E-state index is 0.00195. The fraction of sp³-hybridized carbons (Fsp3) is 0.605. The molecule has 39 nitrogen and oxygen atoms in total. The maximum absolute atomic E-state index is 13.6. The van der Waals surface area contributed by atoms with Crippen LogP contribution in [0.1, 0.15) is 44.9 Å². The molecule has 6 aromatic heterocycles. The summed E-state index contributed by atoms with van der Waals surface area (Å²) >= 11 is 0. The predicted octanol–water partition coefficient (Wildman–Crippen LogP) is -2.88. The topological polar surface area (TPSA) is 554 Å². The third kappa shape index (κ3) is 13.0. The van der Waals surface area contributed by atoms with Gasteiger partial charge in [0.2, 0.25) is 17.7 Å². The van der Waals surface area contributed by atoms with Crippen LogP contribution in [0.2, 0.25) is 0 Å². The quantitative estimate of drug-likeness (QED) is 0.0156. The number of aryl methyl sites for hydroxylation is 1. The Hall–Kier alpha value is -5.15. The summed E-state index contributed by atoms with van der Waals surface area (Å²) < 4.78 is 116. The number of nitrogens with one attached hydrogen (secondary N) is 2. The second kappa shape index (κ2) is 23.8. The van der Waals surface area contributed by atoms with E-state index in [1.807, 2.05) is 6.92 Å². The van der Waals surface area contributed by atoms with Crippen molar-refractivity contribution in [2.45, 2.75) is 93.7 Å². The minimum Gasteiger partial charge on any atom is -0.756 e. The second-order valence-electron chi connectivity index (χ2n) is 18.4. The van der Waals surface area contributed by atoms with Crippen LogP contribution in [0.4, 0.5) is 17.7 Å². The first-order valence-electron chi connectivity index (χ1n) is 24.1. The van der Waals surface area contributed by atoms with Gasteiger partial charge in [0, 0.05) is 26.2 Å². The number of nitrogens with two attached hydrogens (primary N) is 3. The number of unbranched alkanes of at least 4 members (excludes halogenated alkanes) is 1. The first-order valence-corrected chi connectivity index (χ1v) is 30.0. The molecule has 43 heteroatoms. The molecule has 0 amide bonds. The number of phosphoric ester groups is 3. The number of H-pyrrole nitrogens is 2. The summed E-state index contributed by atoms with van der Waals surface area (Å²) in [5.41, 5.74) is 15.8. The van der Waals surface area contributed by atoms with E-state index < -0.39 is 136 Å². The number of nitrogen functional groups attached to an aromatic ring is 3. The highest BCUT2D eigenvalue weighted by atomic mass is 31.3. The number of phosphoric acid groups is 4. The Balaban J connectivity index is 0.871. The van der Waals surface area contributed by atoms with Gasteiger partial charge in [-0.15, -0.1) is 0 Å². The number of anilines is 3. The average molecular weight is 1230 g/mol. The third-order valence-corrected chi connectivity index (χ3v) is 18.2. The molecule has 9 rings (SSSR count). The molecular formula is C38H55N15O24P4. The lowest BCUT2D eigenvalue weighted by Crippen LogP contribution is -2.45. The van der Waals surface area contributed by atoms with Crippen LogP contribution in [-0.2, 0) is 75.7 Å². The zero-order chi connectivity index (χ0) is 58.5. The number of hydrogen-bond acceptors (Lipinski definition) is 30. The highest BCUT2D eigenvalue weighted by molar-refractivity contribution is 7.66. The molecule has 3 aliphatic heterocycles. The number of aromatic nitrogens is 12. The standard InChI is InChI=1S/C38H55N15O24P4/c1-4-5-7-68-8-6-16-17(72-34(23(16)54)53-15-50(2)22-31(53)47-38(41)49-33(22)58)9-70-79(61,62)76-81(65,66)77-80(63,64)71-11-19-26(27(67-3)36(74-19)51-13-44-20-28(39)42-12-43-29(20)51)75-78(59,60)69-10-18-24(55)25(56)35(73-18)52-14-45-21-30(52)46-37(40)48-32(21)57/h12-19,23-27,34-36,54-56H,4-11H2,1-3H3,(H11-,39,40,41,42,43,46,47,48,49,57,58,59,60,61,62,63,64,65,66)/t16-,17-,18-,19-,23-,24-,25-,26-,27-,34-,35-,36-/m1/s1. The zero-order valence-corrected chi connectivity index (χ0v) is 46.0. The van der Waals surface area contributed by atoms with E-state index in [1.165, 1.54) is 27.1 Å². The van der Waals surface area contributed by atoms with Crippen molar-refractivity contribution < 1.29 is 108 Å². The molecule has 446 valence electrons. The van der Waals surface area contributed by atoms with E-state index in [-0.39, 0.29) is 64.2 Å². The Morgan fingerprint density at radius 2 is 1.37 bits per heavy atom. The summed E-state index contributed by atoms with van der Waals surface area (Å²) in [5.74, 6) is -1.61. The monoisotopic (exact) mass is 1230 g/mol. The van der Waals surface area contributed by atoms with E-state index in [9.17, 15) is 62.7 Å². The highest BCUT2D eigenvalue weighted by Crippen LogP contribution is 2.68. The van der Waals surface area contributed by atoms with E-state index >= 15 is 0 Å². The number of aliphatic hydroxyl groups is 3. The normalized spacial score (nSPS) is 29.1. The predicted molar refractivity (Wildman–Crippen MR) is 265 cm³/mol. The Morgan fingerprint density at radius 3 is 2.06 bits per heavy atom. The molecule has 3 saturated heterocycles. The molecule has 16 atom stereocenters. The van der Waals surface area contributed by atoms with Gasteiger partial charge in [0.25, 0.3) is 24.9 Å². The van der Waals surface area contributed by atoms with Crippen molar-refractivity contribution in [3.05, 3.63) is 46.0 Å². The van der Waals surface area contributed by atoms with Crippen LogP contribution in [-0.4, -0.2) is 173 Å². The van der Waals surface area contributed by atoms with Crippen LogP contribution in [0, 0.1) is 5.92 Å². The number of nitrogens with zero attached hydrogens (tertiary/aromatic N) is 10. The molecule has 0 saturated carbocycles. The minimum atomic E-state index is -6.20. The summed E-state index contributed by atoms with van der Waals surface area (Å²) in [4.78, 5) is 99.5. The number of methoxy groups -OCH3 is 1. The third-order valence-electron chi connectivity index (χ3n) is 13.0. The molecular weight excluding hydrogens is 1170 g/mol. The number of imidazole rings is 3. The number of fused-ring (bicyclic) bond motifs is 3. The first-order chi connectivity index (χ1) is 38.2. The number of aliphatic hydroxyl groups excluding tert-OH is 3. The highest BCUT2D eigenvalue weighted by Gasteiger charge is 2.53. The second-order valence-corrected chi connectivity index (χ2v) is 24.4. The van der Waals surface area contributed by atoms with Crippen molar-refractivity contribution in [3.63, 3.8) is 0 Å². The zero-order valence-electron chi connectivity index (χ0n) is 42.4. The lowest BCUT2D eigenvalue weighted by molar-refractivity contribution is -0.745. The number of rotatable bonds is 25. The molecule has 9 heterocycles. The summed E-state index contributed by atoms with van der Waals surface area (Å²) in [6.45, 7) is -0.867. The van der Waals surface area contributed by atoms with E-state index in [1.54, 1.807) is 0 Å². The number of hydrogen-bond donors (Lipinski definition) is 11. The fourth-order valence-corrected chi connectivity index (χ4v) is 13.8. The Bertz CT molecular complexity index is 3590. The smallest absolute Gasteiger partial charge is 0.490 e. The van der Waals surface area contributed by atoms with Gasteiger partial charge in [0.1, 0.15) is 54.6 Å². The van der Waals surface area contributed by atoms with Gasteiger partial charge in [0.15, 0.2) is 41.4 Å². The Kier molecular flexibility index (Phi) is 17.8. The molecule has 0 bridgehead atoms. The lowest BCUT2D eigenvalue weighted by atomic mass is 9.95. The van der Waals surface area contributed by atoms with Crippen LogP contribution >= 0.6 is 31.3 Å². The Morgan fingerprint density at radius 1 is 0.741 bits per heavy atom. The van der Waals surface area contributed by atoms with Crippen molar-refractivity contribution in [2.24, 2.45) is 13.0 Å². The molecule has 4 unspecified atom stereocenters. The summed E-state index contributed by atoms with van der Waals surface area (Å²) in [5, 5.41) is 33.3. The number of ether oxygens (including phenoxy) is 5. The molecule has 14 N–H and O–H groups in total. The van der Waals surface area contributed by atoms with Gasteiger partial charge in [-0.1, -0.05) is 18.3 Å². The van der Waals surface area contributed by atoms with Crippen LogP contribution in [0.3, 0.4) is 0 Å². The van der Waals surface area contributed by atoms with Crippen molar-refractivity contribution in [3.8, 4) is 0 Å². The molecule has 3 fully saturated rings. The fourth-order valence-electron chi connectivity index (χ4n) is 9.29. The summed E-state index contributed by atoms with van der Waals surface area (Å²) in [6.07, 6.45) is -11.5. The first kappa shape index (κ1) is 60.4. The van der Waals surface area contributed by atoms with E-state index in [4.69, 9.17) is 59.0 Å². The molecule has 3 aliphatic rings. The van der Waals surface area contributed by atoms with Crippen LogP contribution < -0.4 is 37.8 Å². The average Bonchev–Trinajstić information content (AvgIpc) is 4.33. The van der Waals surface area contributed by atoms with Crippen LogP contribution in [0.5, 0.6) is 0 Å². The molecule has 0 radical (unpaired) electrons. The van der Waals surface area contributed by atoms with E-state index in [0.717, 1.165) is 43.5 Å². The summed E-state index contributed by atoms with van der Waals surface area (Å²) in [6, 6.07) is 0. The SMILES string of the molecule is CCCCOCC[C@H]1[C@@H](O)[C@H]([n+]2cn(C)c3c(=O)[nH]c(N)nc32)O[C@@H]1COP(=O)(O)OP(=O)(O)OP(=O)(O)OC[C@H]1O[C@@H](n2cnc3c(N)ncnc32)[C@H](OC)[C@@H]1OP(=O)([O-])OC[C@H]1O[C@@H](n2cnc3c(=O)[nH]c(N)nc32)[C@H](O)[C@@H]1O. The largest absolute Gasteiger partial charge is 0.756 e. The van der Waals surface area contributed by atoms with Gasteiger partial charge >= 0.3 is 29.1 Å². The van der Waals surface area contributed by atoms with Gasteiger partial charge in [0.05, 0.1) is 45.6 Å². The Labute approximate surface area is 453 Å². The maximum Gasteiger partial charge on any atom is 0.490 e. The van der Waals surface area contributed by atoms with E-state index in [0.29, 0.717) is 6.61 Å². The van der Waals surface area contributed by atoms with Gasteiger partial charge < -0.3 is 84.8 Å². The van der Waals surface area contributed by atoms with Gasteiger partial charge in [-0.3, -0.25) is 46.9 Å². The summed E-state index contributed by atoms with van der Waals surface area (Å²) in [7, 11) is -21.1. The van der Waals surface area contributed by atoms with Crippen LogP contribution in [0.15, 0.2) is 34.9 Å². The molecule has 81 heavy (non-hydrogen) atoms. The molecule has 0 aromatic carbocycles. The van der Waals surface area contributed by atoms with Gasteiger partial charge in [-0.2, -0.15) is 13.6 Å². The van der Waals surface area contributed by atoms with E-state index in [2.05, 4.69) is 48.5 Å². The molecule has 0 aliphatic carbocycles. The molecule has 6 aromatic rings. The lowest BCUT2D eigenvalue weighted by Gasteiger charge is -2.31. The molecule has 0 spiro atoms. The van der Waals surface area contributed by atoms with Crippen LogP contribution in [0.25, 0.3) is 33.5 Å². The van der Waals surface area contributed by atoms with Crippen molar-refractivity contribution in [1.82, 2.24) is 53.6 Å². The maximum atomic E-state index is 13.6. The van der Waals surface area contributed by atoms with Crippen molar-refractivity contribution in [1.29, 1.82) is 0 Å².